The predicted molar refractivity (Wildman–Crippen MR) is 89.6 cm³/mol. The molecule has 0 bridgehead atoms. The molecule has 0 unspecified atom stereocenters. The summed E-state index contributed by atoms with van der Waals surface area (Å²) in [6, 6.07) is 7.09. The molecule has 2 aromatic rings. The van der Waals surface area contributed by atoms with E-state index in [9.17, 15) is 18.0 Å². The van der Waals surface area contributed by atoms with E-state index in [1.165, 1.54) is 0 Å². The third-order valence-electron chi connectivity index (χ3n) is 4.08. The van der Waals surface area contributed by atoms with Gasteiger partial charge in [-0.25, -0.2) is 4.98 Å². The number of nitrogens with zero attached hydrogens (tertiary/aromatic N) is 3. The van der Waals surface area contributed by atoms with Crippen molar-refractivity contribution < 1.29 is 18.0 Å². The number of amides is 1. The Labute approximate surface area is 146 Å². The molecule has 1 aromatic heterocycles. The molecule has 1 saturated heterocycles. The van der Waals surface area contributed by atoms with Crippen molar-refractivity contribution in [2.24, 2.45) is 5.73 Å². The van der Waals surface area contributed by atoms with Crippen molar-refractivity contribution in [3.63, 3.8) is 0 Å². The van der Waals surface area contributed by atoms with E-state index in [4.69, 9.17) is 5.73 Å². The van der Waals surface area contributed by atoms with Crippen LogP contribution in [0.15, 0.2) is 30.5 Å². The van der Waals surface area contributed by atoms with E-state index >= 15 is 0 Å². The van der Waals surface area contributed by atoms with Crippen molar-refractivity contribution in [2.75, 3.05) is 31.1 Å². The zero-order valence-corrected chi connectivity index (χ0v) is 14.1. The molecular weight excluding hydrogens is 353 g/mol. The van der Waals surface area contributed by atoms with Crippen LogP contribution in [0, 0.1) is 0 Å². The maximum atomic E-state index is 12.6. The first-order valence-corrected chi connectivity index (χ1v) is 8.53. The molecule has 2 heterocycles. The predicted octanol–water partition coefficient (Wildman–Crippen LogP) is 2.58. The van der Waals surface area contributed by atoms with Gasteiger partial charge in [-0.2, -0.15) is 13.2 Å². The molecule has 1 fully saturated rings. The largest absolute Gasteiger partial charge is 0.427 e. The third kappa shape index (κ3) is 4.29. The van der Waals surface area contributed by atoms with Gasteiger partial charge in [0.2, 0.25) is 5.91 Å². The van der Waals surface area contributed by atoms with Crippen LogP contribution in [0.25, 0.3) is 0 Å². The number of thiazole rings is 1. The fraction of sp³-hybridized carbons (Fsp3) is 0.375. The van der Waals surface area contributed by atoms with Gasteiger partial charge in [0.05, 0.1) is 12.7 Å². The summed E-state index contributed by atoms with van der Waals surface area (Å²) < 4.78 is 37.9. The fourth-order valence-electron chi connectivity index (χ4n) is 2.71. The number of anilines is 1. The second kappa shape index (κ2) is 7.01. The number of nitrogens with two attached hydrogens (primary N) is 1. The normalized spacial score (nSPS) is 16.2. The number of hydrogen-bond donors (Lipinski definition) is 1. The first-order valence-electron chi connectivity index (χ1n) is 7.72. The summed E-state index contributed by atoms with van der Waals surface area (Å²) in [5, 5.41) is 0.478. The number of carbonyl (C=O) groups excluding carboxylic acids is 1. The number of rotatable bonds is 4. The van der Waals surface area contributed by atoms with Crippen LogP contribution in [0.4, 0.5) is 18.9 Å². The highest BCUT2D eigenvalue weighted by atomic mass is 32.1. The second-order valence-corrected chi connectivity index (χ2v) is 6.91. The Morgan fingerprint density at radius 2 is 1.80 bits per heavy atom. The maximum absolute atomic E-state index is 12.6. The molecule has 25 heavy (non-hydrogen) atoms. The van der Waals surface area contributed by atoms with Gasteiger partial charge < -0.3 is 10.6 Å². The van der Waals surface area contributed by atoms with E-state index in [1.807, 2.05) is 12.1 Å². The quantitative estimate of drug-likeness (QED) is 0.899. The average Bonchev–Trinajstić information content (AvgIpc) is 3.04. The van der Waals surface area contributed by atoms with Gasteiger partial charge in [-0.1, -0.05) is 0 Å². The number of carbonyl (C=O) groups is 1. The number of piperazine rings is 1. The number of halogens is 3. The summed E-state index contributed by atoms with van der Waals surface area (Å²) in [6.07, 6.45) is -3.43. The molecule has 1 amide bonds. The highest BCUT2D eigenvalue weighted by Crippen LogP contribution is 2.33. The van der Waals surface area contributed by atoms with E-state index in [-0.39, 0.29) is 0 Å². The van der Waals surface area contributed by atoms with Gasteiger partial charge in [0.25, 0.3) is 0 Å². The number of hydrogen-bond acceptors (Lipinski definition) is 5. The van der Waals surface area contributed by atoms with E-state index in [0.717, 1.165) is 38.1 Å². The molecule has 0 spiro atoms. The first kappa shape index (κ1) is 17.7. The number of primary amides is 1. The Hall–Kier alpha value is -2.13. The van der Waals surface area contributed by atoms with Crippen LogP contribution in [0.5, 0.6) is 0 Å². The average molecular weight is 370 g/mol. The minimum absolute atomic E-state index is 0.426. The Morgan fingerprint density at radius 1 is 1.16 bits per heavy atom. The molecule has 1 aliphatic heterocycles. The molecule has 0 saturated carbocycles. The third-order valence-corrected chi connectivity index (χ3v) is 5.11. The highest BCUT2D eigenvalue weighted by Gasteiger charge is 2.33. The molecule has 0 radical (unpaired) electrons. The van der Waals surface area contributed by atoms with E-state index in [0.29, 0.717) is 28.5 Å². The topological polar surface area (TPSA) is 62.5 Å². The Morgan fingerprint density at radius 3 is 2.32 bits per heavy atom. The minimum Gasteiger partial charge on any atom is -0.369 e. The molecule has 0 atom stereocenters. The molecule has 1 aliphatic rings. The zero-order chi connectivity index (χ0) is 18.0. The summed E-state index contributed by atoms with van der Waals surface area (Å²) in [7, 11) is 0. The van der Waals surface area contributed by atoms with Crippen LogP contribution in [0.1, 0.15) is 20.2 Å². The number of alkyl halides is 3. The molecule has 5 nitrogen and oxygen atoms in total. The lowest BCUT2D eigenvalue weighted by atomic mass is 10.1. The van der Waals surface area contributed by atoms with Crippen molar-refractivity contribution in [3.05, 3.63) is 45.9 Å². The van der Waals surface area contributed by atoms with Crippen molar-refractivity contribution in [3.8, 4) is 0 Å². The zero-order valence-electron chi connectivity index (χ0n) is 13.3. The van der Waals surface area contributed by atoms with Gasteiger partial charge in [0.15, 0.2) is 0 Å². The molecular formula is C16H17F3N4OS. The lowest BCUT2D eigenvalue weighted by Gasteiger charge is -2.35. The summed E-state index contributed by atoms with van der Waals surface area (Å²) >= 11 is 0.700. The van der Waals surface area contributed by atoms with Gasteiger partial charge >= 0.3 is 6.18 Å². The molecule has 0 aliphatic carbocycles. The number of benzene rings is 1. The van der Waals surface area contributed by atoms with Crippen molar-refractivity contribution in [1.82, 2.24) is 9.88 Å². The summed E-state index contributed by atoms with van der Waals surface area (Å²) in [6.45, 7) is 3.41. The molecule has 2 N–H and O–H groups in total. The van der Waals surface area contributed by atoms with Crippen molar-refractivity contribution in [2.45, 2.75) is 12.7 Å². The van der Waals surface area contributed by atoms with Gasteiger partial charge in [-0.3, -0.25) is 9.69 Å². The summed E-state index contributed by atoms with van der Waals surface area (Å²) in [5.74, 6) is -0.460. The van der Waals surface area contributed by atoms with E-state index in [2.05, 4.69) is 14.8 Å². The van der Waals surface area contributed by atoms with Crippen LogP contribution in [0.3, 0.4) is 0 Å². The SMILES string of the molecule is NC(=O)c1ccc(N2CCN(Cc3ncc(C(F)(F)F)s3)CC2)cc1. The van der Waals surface area contributed by atoms with Gasteiger partial charge in [0, 0.05) is 37.4 Å². The first-order chi connectivity index (χ1) is 11.8. The Bertz CT molecular complexity index is 737. The molecule has 9 heteroatoms. The molecule has 1 aromatic carbocycles. The fourth-order valence-corrected chi connectivity index (χ4v) is 3.53. The van der Waals surface area contributed by atoms with Gasteiger partial charge in [0.1, 0.15) is 9.88 Å². The maximum Gasteiger partial charge on any atom is 0.427 e. The van der Waals surface area contributed by atoms with Gasteiger partial charge in [-0.15, -0.1) is 11.3 Å². The molecule has 134 valence electrons. The molecule has 3 rings (SSSR count). The van der Waals surface area contributed by atoms with E-state index in [1.54, 1.807) is 12.1 Å². The van der Waals surface area contributed by atoms with Crippen molar-refractivity contribution >= 4 is 22.9 Å². The van der Waals surface area contributed by atoms with Crippen LogP contribution in [-0.2, 0) is 12.7 Å². The van der Waals surface area contributed by atoms with Crippen molar-refractivity contribution in [1.29, 1.82) is 0 Å². The second-order valence-electron chi connectivity index (χ2n) is 5.79. The lowest BCUT2D eigenvalue weighted by Crippen LogP contribution is -2.45. The Kier molecular flexibility index (Phi) is 4.96. The minimum atomic E-state index is -4.33. The number of aromatic nitrogens is 1. The summed E-state index contributed by atoms with van der Waals surface area (Å²) in [5.41, 5.74) is 6.69. The summed E-state index contributed by atoms with van der Waals surface area (Å²) in [4.78, 5) is 18.6. The lowest BCUT2D eigenvalue weighted by molar-refractivity contribution is -0.134. The van der Waals surface area contributed by atoms with Gasteiger partial charge in [-0.05, 0) is 24.3 Å². The van der Waals surface area contributed by atoms with Crippen LogP contribution < -0.4 is 10.6 Å². The van der Waals surface area contributed by atoms with Crippen LogP contribution in [-0.4, -0.2) is 42.0 Å². The monoisotopic (exact) mass is 370 g/mol. The smallest absolute Gasteiger partial charge is 0.369 e. The standard InChI is InChI=1S/C16H17F3N4OS/c17-16(18,19)13-9-21-14(25-13)10-22-5-7-23(8-6-22)12-3-1-11(2-4-12)15(20)24/h1-4,9H,5-8,10H2,(H2,20,24). The van der Waals surface area contributed by atoms with E-state index < -0.39 is 17.0 Å². The van der Waals surface area contributed by atoms with Crippen LogP contribution in [0.2, 0.25) is 0 Å². The van der Waals surface area contributed by atoms with Crippen LogP contribution >= 0.6 is 11.3 Å². The Balaban J connectivity index is 1.55. The highest BCUT2D eigenvalue weighted by molar-refractivity contribution is 7.11.